The lowest BCUT2D eigenvalue weighted by molar-refractivity contribution is 1.13. The number of nitrogens with zero attached hydrogens (tertiary/aromatic N) is 5. The van der Waals surface area contributed by atoms with Gasteiger partial charge in [-0.3, -0.25) is 10.4 Å². The second-order valence-corrected chi connectivity index (χ2v) is 12.6. The van der Waals surface area contributed by atoms with Gasteiger partial charge in [-0.25, -0.2) is 9.98 Å². The van der Waals surface area contributed by atoms with Crippen molar-refractivity contribution in [2.45, 2.75) is 0 Å². The Hall–Kier alpha value is -7.12. The predicted octanol–water partition coefficient (Wildman–Crippen LogP) is 9.75. The maximum atomic E-state index is 9.50. The minimum Gasteiger partial charge on any atom is -0.337 e. The van der Waals surface area contributed by atoms with Crippen LogP contribution in [0.25, 0.3) is 77.3 Å². The van der Waals surface area contributed by atoms with Gasteiger partial charge in [0.05, 0.1) is 38.8 Å². The van der Waals surface area contributed by atoms with Crippen LogP contribution < -0.4 is 5.49 Å². The molecule has 240 valence electrons. The van der Waals surface area contributed by atoms with E-state index in [-0.39, 0.29) is 5.84 Å². The van der Waals surface area contributed by atoms with Crippen LogP contribution >= 0.6 is 0 Å². The van der Waals surface area contributed by atoms with Crippen molar-refractivity contribution in [1.29, 1.82) is 5.41 Å². The van der Waals surface area contributed by atoms with Crippen LogP contribution in [0.2, 0.25) is 0 Å². The number of aromatic amines is 1. The van der Waals surface area contributed by atoms with Crippen LogP contribution in [0.15, 0.2) is 169 Å². The van der Waals surface area contributed by atoms with E-state index in [0.717, 1.165) is 66.2 Å². The zero-order valence-corrected chi connectivity index (χ0v) is 27.3. The van der Waals surface area contributed by atoms with Gasteiger partial charge in [-0.15, -0.1) is 0 Å². The number of hydrogen-bond donors (Lipinski definition) is 2. The predicted molar refractivity (Wildman–Crippen MR) is 207 cm³/mol. The van der Waals surface area contributed by atoms with Crippen molar-refractivity contribution in [2.24, 2.45) is 4.99 Å². The summed E-state index contributed by atoms with van der Waals surface area (Å²) in [6, 6.07) is 51.7. The Balaban J connectivity index is 1.23. The molecular weight excluding hydrogens is 627 g/mol. The second-order valence-electron chi connectivity index (χ2n) is 12.6. The quantitative estimate of drug-likeness (QED) is 0.146. The summed E-state index contributed by atoms with van der Waals surface area (Å²) in [4.78, 5) is 17.7. The van der Waals surface area contributed by atoms with Crippen molar-refractivity contribution < 1.29 is 0 Å². The lowest BCUT2D eigenvalue weighted by Gasteiger charge is -2.13. The van der Waals surface area contributed by atoms with E-state index in [2.05, 4.69) is 98.0 Å². The van der Waals surface area contributed by atoms with Crippen LogP contribution in [0.3, 0.4) is 0 Å². The van der Waals surface area contributed by atoms with Gasteiger partial charge >= 0.3 is 0 Å². The van der Waals surface area contributed by atoms with E-state index in [4.69, 9.17) is 9.98 Å². The first-order chi connectivity index (χ1) is 25.2. The summed E-state index contributed by atoms with van der Waals surface area (Å²) in [5.41, 5.74) is 10.9. The van der Waals surface area contributed by atoms with Crippen molar-refractivity contribution in [3.63, 3.8) is 0 Å². The fourth-order valence-corrected chi connectivity index (χ4v) is 7.42. The largest absolute Gasteiger partial charge is 0.337 e. The monoisotopic (exact) mass is 655 g/mol. The number of benzene rings is 6. The maximum absolute atomic E-state index is 9.50. The second kappa shape index (κ2) is 11.5. The first kappa shape index (κ1) is 28.9. The number of fused-ring (bicyclic) bond motifs is 7. The number of H-pyrrole nitrogens is 1. The lowest BCUT2D eigenvalue weighted by atomic mass is 10.1. The molecule has 0 saturated carbocycles. The maximum Gasteiger partial charge on any atom is 0.159 e. The van der Waals surface area contributed by atoms with Gasteiger partial charge in [-0.2, -0.15) is 0 Å². The molecule has 0 saturated heterocycles. The molecule has 0 unspecified atom stereocenters. The lowest BCUT2D eigenvalue weighted by Crippen LogP contribution is -2.17. The third-order valence-electron chi connectivity index (χ3n) is 9.67. The minimum absolute atomic E-state index is 0.136. The number of aromatic nitrogens is 5. The molecule has 4 aromatic heterocycles. The standard InChI is InChI=1S/C44H29N7/c45-43(49-44-42(28-12-2-1-3-13-28)47-35-17-7-8-18-36(35)48-44)32-16-6-11-21-39(32)51-38-20-10-5-15-31(38)34-26-40-33(27-41(34)51)30-14-4-9-19-37(30)50(40)29-22-24-46-25-23-29/h1-27H,(H2,45,48,49). The van der Waals surface area contributed by atoms with E-state index in [1.165, 1.54) is 5.39 Å². The molecule has 0 fully saturated rings. The molecule has 2 N–H and O–H groups in total. The van der Waals surface area contributed by atoms with Crippen molar-refractivity contribution in [2.75, 3.05) is 0 Å². The minimum atomic E-state index is 0.136. The molecule has 4 heterocycles. The molecule has 0 atom stereocenters. The number of para-hydroxylation sites is 5. The Labute approximate surface area is 292 Å². The molecule has 0 spiro atoms. The number of pyridine rings is 1. The highest BCUT2D eigenvalue weighted by molar-refractivity contribution is 6.19. The molecular formula is C44H29N7. The van der Waals surface area contributed by atoms with E-state index >= 15 is 0 Å². The number of hydrogen-bond acceptors (Lipinski definition) is 3. The van der Waals surface area contributed by atoms with E-state index in [0.29, 0.717) is 16.7 Å². The summed E-state index contributed by atoms with van der Waals surface area (Å²) in [5, 5.41) is 14.1. The molecule has 10 aromatic rings. The topological polar surface area (TPSA) is 87.6 Å². The van der Waals surface area contributed by atoms with Gasteiger partial charge in [0.1, 0.15) is 5.69 Å². The summed E-state index contributed by atoms with van der Waals surface area (Å²) >= 11 is 0. The highest BCUT2D eigenvalue weighted by Crippen LogP contribution is 2.40. The van der Waals surface area contributed by atoms with Crippen molar-refractivity contribution in [3.05, 3.63) is 175 Å². The highest BCUT2D eigenvalue weighted by Gasteiger charge is 2.20. The fourth-order valence-electron chi connectivity index (χ4n) is 7.42. The molecule has 0 aliphatic rings. The van der Waals surface area contributed by atoms with E-state index < -0.39 is 0 Å². The van der Waals surface area contributed by atoms with E-state index in [1.807, 2.05) is 85.2 Å². The molecule has 0 aliphatic carbocycles. The van der Waals surface area contributed by atoms with Crippen LogP contribution in [0.1, 0.15) is 5.56 Å². The summed E-state index contributed by atoms with van der Waals surface area (Å²) in [6.45, 7) is 0. The Morgan fingerprint density at radius 3 is 1.94 bits per heavy atom. The molecule has 0 amide bonds. The summed E-state index contributed by atoms with van der Waals surface area (Å²) in [5.74, 6) is 0.136. The van der Waals surface area contributed by atoms with Crippen molar-refractivity contribution >= 4 is 60.5 Å². The van der Waals surface area contributed by atoms with Gasteiger partial charge in [0.15, 0.2) is 11.3 Å². The Kier molecular flexibility index (Phi) is 6.50. The van der Waals surface area contributed by atoms with Gasteiger partial charge in [0.2, 0.25) is 0 Å². The fraction of sp³-hybridized carbons (Fsp3) is 0. The van der Waals surface area contributed by atoms with Gasteiger partial charge < -0.3 is 14.1 Å². The van der Waals surface area contributed by atoms with Crippen LogP contribution in [0.5, 0.6) is 0 Å². The van der Waals surface area contributed by atoms with E-state index in [1.54, 1.807) is 0 Å². The first-order valence-electron chi connectivity index (χ1n) is 16.9. The number of rotatable bonds is 4. The third-order valence-corrected chi connectivity index (χ3v) is 9.67. The zero-order chi connectivity index (χ0) is 33.9. The van der Waals surface area contributed by atoms with Crippen molar-refractivity contribution in [1.82, 2.24) is 24.1 Å². The normalized spacial score (nSPS) is 12.1. The van der Waals surface area contributed by atoms with Gasteiger partial charge in [0.25, 0.3) is 0 Å². The van der Waals surface area contributed by atoms with Crippen molar-refractivity contribution in [3.8, 4) is 22.6 Å². The Bertz CT molecular complexity index is 3040. The number of amidine groups is 1. The zero-order valence-electron chi connectivity index (χ0n) is 27.3. The van der Waals surface area contributed by atoms with Gasteiger partial charge in [0, 0.05) is 50.8 Å². The van der Waals surface area contributed by atoms with Crippen LogP contribution in [-0.4, -0.2) is 29.9 Å². The molecule has 7 heteroatoms. The third kappa shape index (κ3) is 4.60. The first-order valence-corrected chi connectivity index (χ1v) is 16.9. The Morgan fingerprint density at radius 1 is 0.569 bits per heavy atom. The average Bonchev–Trinajstić information content (AvgIpc) is 3.69. The molecule has 0 aliphatic heterocycles. The molecule has 0 bridgehead atoms. The molecule has 0 radical (unpaired) electrons. The average molecular weight is 656 g/mol. The molecule has 6 aromatic carbocycles. The van der Waals surface area contributed by atoms with Crippen LogP contribution in [-0.2, 0) is 0 Å². The molecule has 51 heavy (non-hydrogen) atoms. The summed E-state index contributed by atoms with van der Waals surface area (Å²) in [7, 11) is 0. The summed E-state index contributed by atoms with van der Waals surface area (Å²) in [6.07, 6.45) is 3.68. The molecule has 7 nitrogen and oxygen atoms in total. The Morgan fingerprint density at radius 2 is 1.18 bits per heavy atom. The number of nitrogens with one attached hydrogen (secondary N) is 2. The smallest absolute Gasteiger partial charge is 0.159 e. The SMILES string of the molecule is N=C(N=c1[nH]c2ccccc2nc1-c1ccccc1)c1ccccc1-n1c2ccccc2c2cc3c(cc21)c1ccccc1n3-c1ccncc1. The summed E-state index contributed by atoms with van der Waals surface area (Å²) < 4.78 is 4.60. The van der Waals surface area contributed by atoms with Gasteiger partial charge in [-0.1, -0.05) is 91.0 Å². The van der Waals surface area contributed by atoms with Crippen LogP contribution in [0, 0.1) is 5.41 Å². The highest BCUT2D eigenvalue weighted by atomic mass is 15.0. The molecule has 10 rings (SSSR count). The van der Waals surface area contributed by atoms with Crippen LogP contribution in [0.4, 0.5) is 0 Å². The van der Waals surface area contributed by atoms with Gasteiger partial charge in [-0.05, 0) is 60.7 Å². The van der Waals surface area contributed by atoms with E-state index in [9.17, 15) is 5.41 Å².